The highest BCUT2D eigenvalue weighted by Gasteiger charge is 2.42. The minimum absolute atomic E-state index is 0.423. The Kier molecular flexibility index (Phi) is 2.00. The molecule has 0 spiro atoms. The van der Waals surface area contributed by atoms with Crippen molar-refractivity contribution < 1.29 is 14.6 Å². The van der Waals surface area contributed by atoms with Gasteiger partial charge in [0.2, 0.25) is 0 Å². The van der Waals surface area contributed by atoms with Crippen molar-refractivity contribution >= 4 is 5.97 Å². The lowest BCUT2D eigenvalue weighted by molar-refractivity contribution is -0.157. The third kappa shape index (κ3) is 1.05. The summed E-state index contributed by atoms with van der Waals surface area (Å²) >= 11 is 0. The van der Waals surface area contributed by atoms with E-state index in [-0.39, 0.29) is 0 Å². The van der Waals surface area contributed by atoms with Crippen molar-refractivity contribution in [2.24, 2.45) is 0 Å². The number of aliphatic carboxylic acids is 1. The van der Waals surface area contributed by atoms with Gasteiger partial charge in [-0.1, -0.05) is 13.0 Å². The fraction of sp³-hybridized carbons (Fsp3) is 0.625. The van der Waals surface area contributed by atoms with Crippen LogP contribution in [-0.4, -0.2) is 23.3 Å². The molecule has 3 nitrogen and oxygen atoms in total. The first-order chi connectivity index (χ1) is 5.13. The van der Waals surface area contributed by atoms with Crippen LogP contribution in [0.1, 0.15) is 20.3 Å². The second-order valence-electron chi connectivity index (χ2n) is 2.68. The lowest BCUT2D eigenvalue weighted by Crippen LogP contribution is -2.39. The van der Waals surface area contributed by atoms with Gasteiger partial charge in [0.05, 0.1) is 6.61 Å². The second-order valence-corrected chi connectivity index (χ2v) is 2.68. The van der Waals surface area contributed by atoms with Crippen molar-refractivity contribution in [1.82, 2.24) is 0 Å². The highest BCUT2D eigenvalue weighted by atomic mass is 16.5. The van der Waals surface area contributed by atoms with Crippen LogP contribution < -0.4 is 0 Å². The number of carboxylic acids is 1. The van der Waals surface area contributed by atoms with Gasteiger partial charge in [-0.2, -0.15) is 0 Å². The lowest BCUT2D eigenvalue weighted by atomic mass is 9.93. The van der Waals surface area contributed by atoms with Crippen LogP contribution in [0.15, 0.2) is 11.6 Å². The molecule has 0 amide bonds. The summed E-state index contributed by atoms with van der Waals surface area (Å²) in [5, 5.41) is 8.87. The van der Waals surface area contributed by atoms with Crippen molar-refractivity contribution in [2.75, 3.05) is 6.61 Å². The Hall–Kier alpha value is -0.830. The SMILES string of the molecule is CC[C@]1(C(=O)O)OCC=C1C. The van der Waals surface area contributed by atoms with Gasteiger partial charge in [0, 0.05) is 0 Å². The van der Waals surface area contributed by atoms with E-state index in [2.05, 4.69) is 0 Å². The molecule has 1 atom stereocenters. The van der Waals surface area contributed by atoms with Gasteiger partial charge < -0.3 is 9.84 Å². The van der Waals surface area contributed by atoms with E-state index in [9.17, 15) is 4.79 Å². The third-order valence-corrected chi connectivity index (χ3v) is 2.20. The Balaban J connectivity index is 2.93. The Morgan fingerprint density at radius 3 is 2.73 bits per heavy atom. The molecule has 0 bridgehead atoms. The van der Waals surface area contributed by atoms with E-state index in [0.717, 1.165) is 5.57 Å². The van der Waals surface area contributed by atoms with Gasteiger partial charge in [-0.25, -0.2) is 4.79 Å². The van der Waals surface area contributed by atoms with E-state index in [4.69, 9.17) is 9.84 Å². The Bertz CT molecular complexity index is 207. The van der Waals surface area contributed by atoms with Crippen LogP contribution in [0.4, 0.5) is 0 Å². The predicted molar refractivity (Wildman–Crippen MR) is 40.4 cm³/mol. The molecule has 0 aromatic heterocycles. The van der Waals surface area contributed by atoms with Crippen LogP contribution in [-0.2, 0) is 9.53 Å². The van der Waals surface area contributed by atoms with Gasteiger partial charge in [-0.3, -0.25) is 0 Å². The molecular weight excluding hydrogens is 144 g/mol. The van der Waals surface area contributed by atoms with Crippen molar-refractivity contribution in [3.63, 3.8) is 0 Å². The summed E-state index contributed by atoms with van der Waals surface area (Å²) in [6.45, 7) is 4.04. The maximum Gasteiger partial charge on any atom is 0.340 e. The smallest absolute Gasteiger partial charge is 0.340 e. The number of hydrogen-bond donors (Lipinski definition) is 1. The molecule has 0 unspecified atom stereocenters. The third-order valence-electron chi connectivity index (χ3n) is 2.20. The normalized spacial score (nSPS) is 30.2. The average Bonchev–Trinajstić information content (AvgIpc) is 2.32. The number of ether oxygens (including phenoxy) is 1. The number of rotatable bonds is 2. The molecule has 62 valence electrons. The first kappa shape index (κ1) is 8.27. The van der Waals surface area contributed by atoms with Crippen molar-refractivity contribution in [3.8, 4) is 0 Å². The first-order valence-corrected chi connectivity index (χ1v) is 3.68. The molecule has 1 aliphatic heterocycles. The molecule has 0 saturated heterocycles. The summed E-state index contributed by atoms with van der Waals surface area (Å²) in [7, 11) is 0. The molecule has 11 heavy (non-hydrogen) atoms. The Labute approximate surface area is 65.7 Å². The van der Waals surface area contributed by atoms with E-state index in [1.165, 1.54) is 0 Å². The molecule has 0 saturated carbocycles. The number of carboxylic acid groups (broad SMARTS) is 1. The minimum atomic E-state index is -1.03. The molecule has 0 aromatic rings. The molecule has 0 fully saturated rings. The van der Waals surface area contributed by atoms with E-state index in [1.807, 2.05) is 13.0 Å². The molecule has 1 N–H and O–H groups in total. The van der Waals surface area contributed by atoms with E-state index in [1.54, 1.807) is 6.92 Å². The quantitative estimate of drug-likeness (QED) is 0.611. The van der Waals surface area contributed by atoms with Crippen LogP contribution in [0.2, 0.25) is 0 Å². The van der Waals surface area contributed by atoms with Gasteiger partial charge in [-0.05, 0) is 18.9 Å². The minimum Gasteiger partial charge on any atom is -0.479 e. The number of hydrogen-bond acceptors (Lipinski definition) is 2. The van der Waals surface area contributed by atoms with Gasteiger partial charge in [-0.15, -0.1) is 0 Å². The molecule has 1 heterocycles. The van der Waals surface area contributed by atoms with Crippen molar-refractivity contribution in [3.05, 3.63) is 11.6 Å². The topological polar surface area (TPSA) is 46.5 Å². The van der Waals surface area contributed by atoms with Gasteiger partial charge >= 0.3 is 5.97 Å². The molecule has 1 rings (SSSR count). The van der Waals surface area contributed by atoms with E-state index >= 15 is 0 Å². The molecule has 3 heteroatoms. The summed E-state index contributed by atoms with van der Waals surface area (Å²) in [6, 6.07) is 0. The second kappa shape index (κ2) is 2.66. The van der Waals surface area contributed by atoms with Crippen LogP contribution >= 0.6 is 0 Å². The zero-order valence-electron chi connectivity index (χ0n) is 6.76. The predicted octanol–water partition coefficient (Wildman–Crippen LogP) is 1.20. The highest BCUT2D eigenvalue weighted by molar-refractivity contribution is 5.82. The van der Waals surface area contributed by atoms with Crippen LogP contribution in [0.25, 0.3) is 0 Å². The molecule has 1 aliphatic rings. The zero-order valence-corrected chi connectivity index (χ0v) is 6.76. The first-order valence-electron chi connectivity index (χ1n) is 3.68. The molecule has 0 aliphatic carbocycles. The van der Waals surface area contributed by atoms with Crippen molar-refractivity contribution in [1.29, 1.82) is 0 Å². The molecule has 0 radical (unpaired) electrons. The standard InChI is InChI=1S/C8H12O3/c1-3-8(7(9)10)6(2)4-5-11-8/h4H,3,5H2,1-2H3,(H,9,10)/t8-/m0/s1. The van der Waals surface area contributed by atoms with Crippen LogP contribution in [0.5, 0.6) is 0 Å². The average molecular weight is 156 g/mol. The summed E-state index contributed by atoms with van der Waals surface area (Å²) in [4.78, 5) is 10.8. The lowest BCUT2D eigenvalue weighted by Gasteiger charge is -2.23. The summed E-state index contributed by atoms with van der Waals surface area (Å²) < 4.78 is 5.17. The highest BCUT2D eigenvalue weighted by Crippen LogP contribution is 2.30. The summed E-state index contributed by atoms with van der Waals surface area (Å²) in [5.41, 5.74) is -0.215. The summed E-state index contributed by atoms with van der Waals surface area (Å²) in [6.07, 6.45) is 2.31. The van der Waals surface area contributed by atoms with Crippen LogP contribution in [0.3, 0.4) is 0 Å². The Morgan fingerprint density at radius 1 is 1.91 bits per heavy atom. The largest absolute Gasteiger partial charge is 0.479 e. The summed E-state index contributed by atoms with van der Waals surface area (Å²) in [5.74, 6) is -0.883. The van der Waals surface area contributed by atoms with E-state index in [0.29, 0.717) is 13.0 Å². The maximum absolute atomic E-state index is 10.8. The monoisotopic (exact) mass is 156 g/mol. The zero-order chi connectivity index (χ0) is 8.48. The molecule has 0 aromatic carbocycles. The maximum atomic E-state index is 10.8. The fourth-order valence-corrected chi connectivity index (χ4v) is 1.35. The van der Waals surface area contributed by atoms with Gasteiger partial charge in [0.1, 0.15) is 0 Å². The number of carbonyl (C=O) groups is 1. The van der Waals surface area contributed by atoms with Crippen molar-refractivity contribution in [2.45, 2.75) is 25.9 Å². The van der Waals surface area contributed by atoms with E-state index < -0.39 is 11.6 Å². The van der Waals surface area contributed by atoms with Gasteiger partial charge in [0.25, 0.3) is 0 Å². The Morgan fingerprint density at radius 2 is 2.55 bits per heavy atom. The van der Waals surface area contributed by atoms with Crippen LogP contribution in [0, 0.1) is 0 Å². The van der Waals surface area contributed by atoms with Gasteiger partial charge in [0.15, 0.2) is 5.60 Å². The fourth-order valence-electron chi connectivity index (χ4n) is 1.35. The molecular formula is C8H12O3.